The summed E-state index contributed by atoms with van der Waals surface area (Å²) in [6, 6.07) is 11.5. The third-order valence-corrected chi connectivity index (χ3v) is 5.05. The second kappa shape index (κ2) is 8.77. The van der Waals surface area contributed by atoms with Gasteiger partial charge in [-0.15, -0.1) is 0 Å². The highest BCUT2D eigenvalue weighted by Gasteiger charge is 2.15. The normalized spacial score (nSPS) is 11.7. The number of carbonyl (C=O) groups excluding carboxylic acids is 1. The zero-order chi connectivity index (χ0) is 20.1. The molecular formula is C19H19N3O5S. The molecule has 28 heavy (non-hydrogen) atoms. The van der Waals surface area contributed by atoms with Crippen LogP contribution >= 0.6 is 11.3 Å². The Morgan fingerprint density at radius 3 is 2.79 bits per heavy atom. The molecule has 0 aliphatic carbocycles. The van der Waals surface area contributed by atoms with Crippen LogP contribution in [-0.4, -0.2) is 35.7 Å². The van der Waals surface area contributed by atoms with Crippen LogP contribution < -0.4 is 9.54 Å². The number of para-hydroxylation sites is 1. The molecule has 0 spiro atoms. The van der Waals surface area contributed by atoms with E-state index in [1.165, 1.54) is 23.5 Å². The summed E-state index contributed by atoms with van der Waals surface area (Å²) in [5.41, 5.74) is 1.12. The Hall–Kier alpha value is -3.04. The summed E-state index contributed by atoms with van der Waals surface area (Å²) < 4.78 is 13.2. The average molecular weight is 401 g/mol. The lowest BCUT2D eigenvalue weighted by atomic mass is 10.2. The fourth-order valence-corrected chi connectivity index (χ4v) is 3.82. The molecule has 0 aliphatic rings. The first-order valence-corrected chi connectivity index (χ1v) is 9.44. The van der Waals surface area contributed by atoms with E-state index >= 15 is 0 Å². The molecule has 2 aromatic carbocycles. The average Bonchev–Trinajstić information content (AvgIpc) is 3.03. The van der Waals surface area contributed by atoms with Crippen molar-refractivity contribution in [2.45, 2.75) is 13.5 Å². The molecule has 0 atom stereocenters. The highest BCUT2D eigenvalue weighted by atomic mass is 32.1. The lowest BCUT2D eigenvalue weighted by Gasteiger charge is -2.07. The van der Waals surface area contributed by atoms with Gasteiger partial charge in [0.2, 0.25) is 0 Å². The number of nitro groups is 1. The molecule has 3 rings (SSSR count). The number of aromatic nitrogens is 1. The van der Waals surface area contributed by atoms with Crippen molar-refractivity contribution in [3.05, 3.63) is 62.9 Å². The predicted molar refractivity (Wildman–Crippen MR) is 106 cm³/mol. The third-order valence-electron chi connectivity index (χ3n) is 4.01. The number of hydrogen-bond donors (Lipinski definition) is 0. The monoisotopic (exact) mass is 401 g/mol. The van der Waals surface area contributed by atoms with Crippen molar-refractivity contribution in [2.24, 2.45) is 4.99 Å². The number of fused-ring (bicyclic) bond motifs is 1. The first kappa shape index (κ1) is 19.7. The van der Waals surface area contributed by atoms with E-state index in [1.807, 2.05) is 11.5 Å². The summed E-state index contributed by atoms with van der Waals surface area (Å²) in [7, 11) is 1.58. The van der Waals surface area contributed by atoms with Crippen LogP contribution in [0.1, 0.15) is 17.3 Å². The van der Waals surface area contributed by atoms with E-state index in [4.69, 9.17) is 9.47 Å². The van der Waals surface area contributed by atoms with E-state index in [1.54, 1.807) is 37.4 Å². The molecule has 1 amide bonds. The topological polar surface area (TPSA) is 96.0 Å². The standard InChI is InChI=1S/C19H19N3O5S/c1-3-27-16-7-5-4-6-14(16)18(23)20-19-21(10-11-26-2)15-9-8-13(22(24)25)12-17(15)28-19/h4-9,12H,3,10-11H2,1-2H3. The molecule has 3 aromatic rings. The molecule has 146 valence electrons. The fraction of sp³-hybridized carbons (Fsp3) is 0.263. The van der Waals surface area contributed by atoms with Crippen LogP contribution in [-0.2, 0) is 11.3 Å². The van der Waals surface area contributed by atoms with E-state index < -0.39 is 10.8 Å². The molecule has 0 fully saturated rings. The predicted octanol–water partition coefficient (Wildman–Crippen LogP) is 3.40. The van der Waals surface area contributed by atoms with Crippen LogP contribution in [0, 0.1) is 10.1 Å². The second-order valence-corrected chi connectivity index (χ2v) is 6.79. The van der Waals surface area contributed by atoms with Gasteiger partial charge < -0.3 is 14.0 Å². The minimum Gasteiger partial charge on any atom is -0.493 e. The first-order valence-electron chi connectivity index (χ1n) is 8.62. The Morgan fingerprint density at radius 1 is 1.29 bits per heavy atom. The molecule has 0 radical (unpaired) electrons. The van der Waals surface area contributed by atoms with Gasteiger partial charge in [0.05, 0.1) is 33.9 Å². The third kappa shape index (κ3) is 4.10. The molecule has 9 heteroatoms. The molecule has 0 N–H and O–H groups in total. The van der Waals surface area contributed by atoms with Crippen molar-refractivity contribution in [2.75, 3.05) is 20.3 Å². The van der Waals surface area contributed by atoms with Gasteiger partial charge in [-0.05, 0) is 25.1 Å². The number of carbonyl (C=O) groups is 1. The number of non-ortho nitro benzene ring substituents is 1. The molecule has 8 nitrogen and oxygen atoms in total. The Labute approximate surface area is 164 Å². The van der Waals surface area contributed by atoms with Crippen LogP contribution in [0.3, 0.4) is 0 Å². The largest absolute Gasteiger partial charge is 0.493 e. The Kier molecular flexibility index (Phi) is 6.17. The molecule has 0 bridgehead atoms. The van der Waals surface area contributed by atoms with Gasteiger partial charge in [-0.2, -0.15) is 4.99 Å². The number of hydrogen-bond acceptors (Lipinski definition) is 6. The molecule has 1 aromatic heterocycles. The van der Waals surface area contributed by atoms with Crippen LogP contribution in [0.25, 0.3) is 10.2 Å². The van der Waals surface area contributed by atoms with Gasteiger partial charge >= 0.3 is 0 Å². The van der Waals surface area contributed by atoms with Gasteiger partial charge in [-0.25, -0.2) is 0 Å². The van der Waals surface area contributed by atoms with Gasteiger partial charge in [-0.1, -0.05) is 23.5 Å². The van der Waals surface area contributed by atoms with Crippen molar-refractivity contribution in [3.63, 3.8) is 0 Å². The van der Waals surface area contributed by atoms with Gasteiger partial charge in [0.15, 0.2) is 4.80 Å². The zero-order valence-electron chi connectivity index (χ0n) is 15.5. The maximum absolute atomic E-state index is 12.8. The minimum absolute atomic E-state index is 0.00721. The summed E-state index contributed by atoms with van der Waals surface area (Å²) >= 11 is 1.22. The summed E-state index contributed by atoms with van der Waals surface area (Å²) in [6.45, 7) is 3.16. The number of thiazole rings is 1. The summed E-state index contributed by atoms with van der Waals surface area (Å²) in [6.07, 6.45) is 0. The molecule has 0 saturated heterocycles. The van der Waals surface area contributed by atoms with Crippen LogP contribution in [0.2, 0.25) is 0 Å². The SMILES string of the molecule is CCOc1ccccc1C(=O)N=c1sc2cc([N+](=O)[O-])ccc2n1CCOC. The molecular weight excluding hydrogens is 382 g/mol. The maximum Gasteiger partial charge on any atom is 0.283 e. The number of benzene rings is 2. The van der Waals surface area contributed by atoms with Crippen LogP contribution in [0.5, 0.6) is 5.75 Å². The number of amides is 1. The summed E-state index contributed by atoms with van der Waals surface area (Å²) in [5.74, 6) is 0.0372. The number of nitro benzene ring substituents is 1. The minimum atomic E-state index is -0.445. The number of nitrogens with zero attached hydrogens (tertiary/aromatic N) is 3. The van der Waals surface area contributed by atoms with Crippen LogP contribution in [0.15, 0.2) is 47.5 Å². The van der Waals surface area contributed by atoms with E-state index in [-0.39, 0.29) is 5.69 Å². The second-order valence-electron chi connectivity index (χ2n) is 5.78. The quantitative estimate of drug-likeness (QED) is 0.447. The highest BCUT2D eigenvalue weighted by Crippen LogP contribution is 2.24. The van der Waals surface area contributed by atoms with Crippen molar-refractivity contribution >= 4 is 33.1 Å². The van der Waals surface area contributed by atoms with Gasteiger partial charge in [0, 0.05) is 25.8 Å². The number of rotatable bonds is 7. The first-order chi connectivity index (χ1) is 13.5. The highest BCUT2D eigenvalue weighted by molar-refractivity contribution is 7.16. The van der Waals surface area contributed by atoms with Gasteiger partial charge in [0.25, 0.3) is 11.6 Å². The smallest absolute Gasteiger partial charge is 0.283 e. The Balaban J connectivity index is 2.12. The molecule has 1 heterocycles. The van der Waals surface area contributed by atoms with Crippen molar-refractivity contribution in [1.82, 2.24) is 4.57 Å². The molecule has 0 unspecified atom stereocenters. The van der Waals surface area contributed by atoms with Gasteiger partial charge in [0.1, 0.15) is 5.75 Å². The lowest BCUT2D eigenvalue weighted by Crippen LogP contribution is -2.19. The van der Waals surface area contributed by atoms with E-state index in [0.29, 0.717) is 40.6 Å². The number of methoxy groups -OCH3 is 1. The number of ether oxygens (including phenoxy) is 2. The Bertz CT molecular complexity index is 1090. The lowest BCUT2D eigenvalue weighted by molar-refractivity contribution is -0.384. The van der Waals surface area contributed by atoms with Crippen molar-refractivity contribution in [3.8, 4) is 5.75 Å². The molecule has 0 saturated carbocycles. The summed E-state index contributed by atoms with van der Waals surface area (Å²) in [4.78, 5) is 28.1. The summed E-state index contributed by atoms with van der Waals surface area (Å²) in [5, 5.41) is 11.1. The maximum atomic E-state index is 12.8. The van der Waals surface area contributed by atoms with Gasteiger partial charge in [-0.3, -0.25) is 14.9 Å². The van der Waals surface area contributed by atoms with E-state index in [2.05, 4.69) is 4.99 Å². The van der Waals surface area contributed by atoms with Crippen molar-refractivity contribution < 1.29 is 19.2 Å². The zero-order valence-corrected chi connectivity index (χ0v) is 16.3. The van der Waals surface area contributed by atoms with E-state index in [0.717, 1.165) is 5.52 Å². The van der Waals surface area contributed by atoms with Crippen LogP contribution in [0.4, 0.5) is 5.69 Å². The Morgan fingerprint density at radius 2 is 2.07 bits per heavy atom. The van der Waals surface area contributed by atoms with E-state index in [9.17, 15) is 14.9 Å². The van der Waals surface area contributed by atoms with Crippen molar-refractivity contribution in [1.29, 1.82) is 0 Å². The fourth-order valence-electron chi connectivity index (χ4n) is 2.73. The molecule has 0 aliphatic heterocycles.